The summed E-state index contributed by atoms with van der Waals surface area (Å²) in [4.78, 5) is 38.9. The molecule has 24 heavy (non-hydrogen) atoms. The van der Waals surface area contributed by atoms with Crippen LogP contribution in [0.4, 0.5) is 4.79 Å². The third-order valence-corrected chi connectivity index (χ3v) is 4.06. The smallest absolute Gasteiger partial charge is 0.289 e. The first kappa shape index (κ1) is 15.9. The van der Waals surface area contributed by atoms with Gasteiger partial charge in [-0.2, -0.15) is 0 Å². The average molecular weight is 336 g/mol. The molecule has 0 radical (unpaired) electrons. The third-order valence-electron chi connectivity index (χ3n) is 3.25. The zero-order chi connectivity index (χ0) is 16.9. The Morgan fingerprint density at radius 1 is 1.08 bits per heavy atom. The molecule has 2 amide bonds. The molecule has 0 bridgehead atoms. The quantitative estimate of drug-likeness (QED) is 0.685. The average Bonchev–Trinajstić information content (AvgIpc) is 2.92. The predicted octanol–water partition coefficient (Wildman–Crippen LogP) is 3.30. The number of pyridine rings is 1. The number of aromatic nitrogens is 1. The Balaban J connectivity index is 1.70. The van der Waals surface area contributed by atoms with E-state index in [1.54, 1.807) is 30.5 Å². The normalized spacial score (nSPS) is 15.9. The van der Waals surface area contributed by atoms with Gasteiger partial charge >= 0.3 is 0 Å². The molecule has 1 aromatic heterocycles. The summed E-state index contributed by atoms with van der Waals surface area (Å²) in [5, 5.41) is 1.85. The van der Waals surface area contributed by atoms with Crippen LogP contribution in [0.25, 0.3) is 12.2 Å². The van der Waals surface area contributed by atoms with E-state index in [0.29, 0.717) is 10.5 Å². The van der Waals surface area contributed by atoms with E-state index in [1.165, 1.54) is 12.3 Å². The van der Waals surface area contributed by atoms with Gasteiger partial charge < -0.3 is 0 Å². The Kier molecular flexibility index (Phi) is 4.67. The number of carbonyl (C=O) groups is 3. The van der Waals surface area contributed by atoms with Crippen LogP contribution in [0, 0.1) is 0 Å². The highest BCUT2D eigenvalue weighted by Gasteiger charge is 2.24. The minimum absolute atomic E-state index is 0.119. The molecule has 0 spiro atoms. The van der Waals surface area contributed by atoms with Gasteiger partial charge in [-0.1, -0.05) is 30.3 Å². The van der Waals surface area contributed by atoms with E-state index >= 15 is 0 Å². The Morgan fingerprint density at radius 3 is 2.46 bits per heavy atom. The lowest BCUT2D eigenvalue weighted by Gasteiger charge is -1.98. The first-order valence-corrected chi connectivity index (χ1v) is 7.91. The summed E-state index contributed by atoms with van der Waals surface area (Å²) < 4.78 is 0. The molecule has 2 heterocycles. The van der Waals surface area contributed by atoms with Gasteiger partial charge in [0, 0.05) is 18.0 Å². The number of hydrogen-bond donors (Lipinski definition) is 1. The van der Waals surface area contributed by atoms with Crippen LogP contribution < -0.4 is 5.32 Å². The number of amides is 2. The molecule has 1 fully saturated rings. The van der Waals surface area contributed by atoms with E-state index in [1.807, 2.05) is 24.3 Å². The number of benzene rings is 1. The van der Waals surface area contributed by atoms with E-state index in [4.69, 9.17) is 0 Å². The van der Waals surface area contributed by atoms with Crippen molar-refractivity contribution < 1.29 is 14.4 Å². The van der Waals surface area contributed by atoms with E-state index in [0.717, 1.165) is 22.9 Å². The van der Waals surface area contributed by atoms with Crippen molar-refractivity contribution in [3.05, 3.63) is 76.5 Å². The molecule has 5 nitrogen and oxygen atoms in total. The van der Waals surface area contributed by atoms with Crippen LogP contribution in [0.1, 0.15) is 21.5 Å². The van der Waals surface area contributed by atoms with Crippen LogP contribution >= 0.6 is 11.8 Å². The second-order valence-corrected chi connectivity index (χ2v) is 5.97. The highest BCUT2D eigenvalue weighted by Crippen LogP contribution is 2.25. The van der Waals surface area contributed by atoms with Crippen LogP contribution in [-0.4, -0.2) is 21.9 Å². The number of thioether (sulfide) groups is 1. The van der Waals surface area contributed by atoms with Crippen LogP contribution in [-0.2, 0) is 4.79 Å². The molecule has 1 N–H and O–H groups in total. The van der Waals surface area contributed by atoms with Crippen molar-refractivity contribution in [2.24, 2.45) is 0 Å². The lowest BCUT2D eigenvalue weighted by Crippen LogP contribution is -2.17. The number of nitrogens with one attached hydrogen (secondary N) is 1. The summed E-state index contributed by atoms with van der Waals surface area (Å²) >= 11 is 0.881. The summed E-state index contributed by atoms with van der Waals surface area (Å²) in [5.41, 5.74) is 2.19. The number of imide groups is 1. The maximum Gasteiger partial charge on any atom is 0.290 e. The summed E-state index contributed by atoms with van der Waals surface area (Å²) in [6.07, 6.45) is 7.99. The summed E-state index contributed by atoms with van der Waals surface area (Å²) in [5.74, 6) is -0.497. The van der Waals surface area contributed by atoms with Gasteiger partial charge in [0.25, 0.3) is 11.1 Å². The molecule has 2 aromatic rings. The van der Waals surface area contributed by atoms with Crippen molar-refractivity contribution in [3.63, 3.8) is 0 Å². The molecule has 118 valence electrons. The molecule has 0 unspecified atom stereocenters. The van der Waals surface area contributed by atoms with E-state index < -0.39 is 0 Å². The third kappa shape index (κ3) is 3.85. The first-order valence-electron chi connectivity index (χ1n) is 7.09. The molecule has 0 aliphatic carbocycles. The standard InChI is InChI=1S/C18H12N2O3S/c21-15(14-2-1-9-19-11-14)8-7-12-3-5-13(6-4-12)10-16-17(22)20-18(23)24-16/h1-11H,(H,20,22,23)/b8-7+,16-10-. The molecule has 1 aliphatic heterocycles. The first-order chi connectivity index (χ1) is 11.6. The number of rotatable bonds is 4. The maximum absolute atomic E-state index is 12.0. The minimum Gasteiger partial charge on any atom is -0.289 e. The highest BCUT2D eigenvalue weighted by molar-refractivity contribution is 8.18. The summed E-state index contributed by atoms with van der Waals surface area (Å²) in [7, 11) is 0. The minimum atomic E-state index is -0.379. The van der Waals surface area contributed by atoms with Crippen LogP contribution in [0.15, 0.2) is 59.8 Å². The number of allylic oxidation sites excluding steroid dienone is 1. The summed E-state index contributed by atoms with van der Waals surface area (Å²) in [6, 6.07) is 10.7. The molecule has 1 aromatic carbocycles. The van der Waals surface area contributed by atoms with Crippen molar-refractivity contribution in [2.45, 2.75) is 0 Å². The SMILES string of the molecule is O=C1NC(=O)/C(=C/c2ccc(/C=C/C(=O)c3cccnc3)cc2)S1. The van der Waals surface area contributed by atoms with Gasteiger partial charge in [-0.15, -0.1) is 0 Å². The van der Waals surface area contributed by atoms with Crippen molar-refractivity contribution in [1.82, 2.24) is 10.3 Å². The molecule has 0 saturated carbocycles. The monoisotopic (exact) mass is 336 g/mol. The zero-order valence-corrected chi connectivity index (χ0v) is 13.2. The van der Waals surface area contributed by atoms with Crippen LogP contribution in [0.3, 0.4) is 0 Å². The Morgan fingerprint density at radius 2 is 1.83 bits per heavy atom. The molecule has 6 heteroatoms. The number of carbonyl (C=O) groups excluding carboxylic acids is 3. The van der Waals surface area contributed by atoms with Crippen molar-refractivity contribution in [2.75, 3.05) is 0 Å². The second-order valence-electron chi connectivity index (χ2n) is 4.96. The van der Waals surface area contributed by atoms with Gasteiger partial charge in [0.15, 0.2) is 5.78 Å². The second kappa shape index (κ2) is 7.06. The molecular weight excluding hydrogens is 324 g/mol. The highest BCUT2D eigenvalue weighted by atomic mass is 32.2. The van der Waals surface area contributed by atoms with Gasteiger partial charge in [0.2, 0.25) is 0 Å². The van der Waals surface area contributed by atoms with Gasteiger partial charge in [-0.3, -0.25) is 24.7 Å². The van der Waals surface area contributed by atoms with Crippen molar-refractivity contribution in [3.8, 4) is 0 Å². The number of nitrogens with zero attached hydrogens (tertiary/aromatic N) is 1. The topological polar surface area (TPSA) is 76.1 Å². The zero-order valence-electron chi connectivity index (χ0n) is 12.4. The summed E-state index contributed by atoms with van der Waals surface area (Å²) in [6.45, 7) is 0. The molecule has 0 atom stereocenters. The lowest BCUT2D eigenvalue weighted by atomic mass is 10.1. The molecule has 1 saturated heterocycles. The largest absolute Gasteiger partial charge is 0.290 e. The van der Waals surface area contributed by atoms with Gasteiger partial charge in [0.1, 0.15) is 0 Å². The Labute approximate surface area is 142 Å². The van der Waals surface area contributed by atoms with Crippen molar-refractivity contribution in [1.29, 1.82) is 0 Å². The number of ketones is 1. The van der Waals surface area contributed by atoms with Gasteiger partial charge in [-0.05, 0) is 47.2 Å². The van der Waals surface area contributed by atoms with Crippen LogP contribution in [0.2, 0.25) is 0 Å². The van der Waals surface area contributed by atoms with Gasteiger partial charge in [0.05, 0.1) is 4.91 Å². The molecular formula is C18H12N2O3S. The molecule has 1 aliphatic rings. The van der Waals surface area contributed by atoms with E-state index in [9.17, 15) is 14.4 Å². The Bertz CT molecular complexity index is 856. The fraction of sp³-hybridized carbons (Fsp3) is 0. The Hall–Kier alpha value is -2.99. The fourth-order valence-corrected chi connectivity index (χ4v) is 2.73. The van der Waals surface area contributed by atoms with E-state index in [2.05, 4.69) is 10.3 Å². The van der Waals surface area contributed by atoms with Gasteiger partial charge in [-0.25, -0.2) is 0 Å². The van der Waals surface area contributed by atoms with Crippen LogP contribution in [0.5, 0.6) is 0 Å². The number of hydrogen-bond acceptors (Lipinski definition) is 5. The predicted molar refractivity (Wildman–Crippen MR) is 93.2 cm³/mol. The maximum atomic E-state index is 12.0. The molecule has 3 rings (SSSR count). The fourth-order valence-electron chi connectivity index (χ4n) is 2.05. The lowest BCUT2D eigenvalue weighted by molar-refractivity contribution is -0.115. The van der Waals surface area contributed by atoms with E-state index in [-0.39, 0.29) is 16.9 Å². The van der Waals surface area contributed by atoms with Crippen molar-refractivity contribution >= 4 is 40.8 Å².